The lowest BCUT2D eigenvalue weighted by atomic mass is 9.83. The Kier molecular flexibility index (Phi) is 4.91. The Morgan fingerprint density at radius 3 is 2.68 bits per heavy atom. The number of pyridine rings is 1. The number of amides is 1. The van der Waals surface area contributed by atoms with E-state index in [2.05, 4.69) is 17.2 Å². The fraction of sp³-hybridized carbons (Fsp3) is 0.600. The smallest absolute Gasteiger partial charge is 0.269 e. The van der Waals surface area contributed by atoms with Gasteiger partial charge in [-0.3, -0.25) is 9.78 Å². The molecule has 1 aliphatic rings. The zero-order chi connectivity index (χ0) is 13.7. The summed E-state index contributed by atoms with van der Waals surface area (Å²) in [5.74, 6) is 1.39. The first-order valence-electron chi connectivity index (χ1n) is 7.12. The first-order chi connectivity index (χ1) is 9.19. The normalized spacial score (nSPS) is 23.1. The Morgan fingerprint density at radius 1 is 1.37 bits per heavy atom. The number of carbonyl (C=O) groups is 1. The van der Waals surface area contributed by atoms with Crippen LogP contribution in [0.5, 0.6) is 0 Å². The predicted octanol–water partition coefficient (Wildman–Crippen LogP) is 2.10. The van der Waals surface area contributed by atoms with E-state index in [4.69, 9.17) is 5.73 Å². The molecule has 1 amide bonds. The van der Waals surface area contributed by atoms with E-state index in [0.717, 1.165) is 18.0 Å². The number of carbonyl (C=O) groups excluding carboxylic acids is 1. The fourth-order valence-corrected chi connectivity index (χ4v) is 2.54. The van der Waals surface area contributed by atoms with E-state index in [1.165, 1.54) is 25.7 Å². The molecule has 1 aromatic rings. The lowest BCUT2D eigenvalue weighted by Gasteiger charge is -2.26. The van der Waals surface area contributed by atoms with Crippen LogP contribution in [-0.4, -0.2) is 17.4 Å². The van der Waals surface area contributed by atoms with Gasteiger partial charge in [0.2, 0.25) is 0 Å². The maximum absolute atomic E-state index is 11.9. The third-order valence-electron chi connectivity index (χ3n) is 3.98. The Balaban J connectivity index is 1.80. The van der Waals surface area contributed by atoms with Crippen LogP contribution in [0.2, 0.25) is 0 Å². The summed E-state index contributed by atoms with van der Waals surface area (Å²) in [4.78, 5) is 16.1. The van der Waals surface area contributed by atoms with Crippen LogP contribution in [0.25, 0.3) is 0 Å². The summed E-state index contributed by atoms with van der Waals surface area (Å²) in [6, 6.07) is 3.59. The van der Waals surface area contributed by atoms with Gasteiger partial charge in [-0.15, -0.1) is 0 Å². The molecule has 1 fully saturated rings. The molecule has 4 heteroatoms. The van der Waals surface area contributed by atoms with Gasteiger partial charge in [-0.25, -0.2) is 0 Å². The average molecular weight is 261 g/mol. The molecule has 1 aliphatic carbocycles. The van der Waals surface area contributed by atoms with E-state index in [1.807, 2.05) is 6.07 Å². The lowest BCUT2D eigenvalue weighted by molar-refractivity contribution is 0.0937. The van der Waals surface area contributed by atoms with Gasteiger partial charge in [0.25, 0.3) is 5.91 Å². The highest BCUT2D eigenvalue weighted by molar-refractivity contribution is 5.92. The molecule has 0 aromatic carbocycles. The van der Waals surface area contributed by atoms with Gasteiger partial charge in [0.15, 0.2) is 0 Å². The SMILES string of the molecule is CC1CCC(CNC(=O)c2ccc(CN)cn2)CC1. The highest BCUT2D eigenvalue weighted by atomic mass is 16.1. The number of hydrogen-bond donors (Lipinski definition) is 2. The summed E-state index contributed by atoms with van der Waals surface area (Å²) in [5, 5.41) is 2.99. The molecule has 4 nitrogen and oxygen atoms in total. The highest BCUT2D eigenvalue weighted by Gasteiger charge is 2.19. The molecule has 0 bridgehead atoms. The van der Waals surface area contributed by atoms with Crippen molar-refractivity contribution in [3.63, 3.8) is 0 Å². The van der Waals surface area contributed by atoms with Gasteiger partial charge >= 0.3 is 0 Å². The molecular weight excluding hydrogens is 238 g/mol. The van der Waals surface area contributed by atoms with E-state index < -0.39 is 0 Å². The summed E-state index contributed by atoms with van der Waals surface area (Å²) < 4.78 is 0. The minimum Gasteiger partial charge on any atom is -0.350 e. The van der Waals surface area contributed by atoms with Crippen LogP contribution in [0.3, 0.4) is 0 Å². The van der Waals surface area contributed by atoms with Crippen LogP contribution in [-0.2, 0) is 6.54 Å². The number of hydrogen-bond acceptors (Lipinski definition) is 3. The van der Waals surface area contributed by atoms with Crippen molar-refractivity contribution in [1.29, 1.82) is 0 Å². The molecule has 1 heterocycles. The van der Waals surface area contributed by atoms with Crippen molar-refractivity contribution in [1.82, 2.24) is 10.3 Å². The summed E-state index contributed by atoms with van der Waals surface area (Å²) in [6.45, 7) is 3.53. The number of aromatic nitrogens is 1. The van der Waals surface area contributed by atoms with E-state index >= 15 is 0 Å². The highest BCUT2D eigenvalue weighted by Crippen LogP contribution is 2.27. The Bertz CT molecular complexity index is 408. The molecule has 1 saturated carbocycles. The predicted molar refractivity (Wildman–Crippen MR) is 75.6 cm³/mol. The third kappa shape index (κ3) is 4.03. The molecule has 2 rings (SSSR count). The second-order valence-electron chi connectivity index (χ2n) is 5.59. The zero-order valence-electron chi connectivity index (χ0n) is 11.6. The third-order valence-corrected chi connectivity index (χ3v) is 3.98. The molecule has 0 atom stereocenters. The van der Waals surface area contributed by atoms with Crippen molar-refractivity contribution in [2.75, 3.05) is 6.54 Å². The van der Waals surface area contributed by atoms with Crippen molar-refractivity contribution in [2.24, 2.45) is 17.6 Å². The minimum absolute atomic E-state index is 0.0813. The molecule has 0 spiro atoms. The van der Waals surface area contributed by atoms with Crippen molar-refractivity contribution in [3.8, 4) is 0 Å². The molecule has 0 radical (unpaired) electrons. The number of rotatable bonds is 4. The first kappa shape index (κ1) is 14.0. The second-order valence-corrected chi connectivity index (χ2v) is 5.59. The monoisotopic (exact) mass is 261 g/mol. The van der Waals surface area contributed by atoms with E-state index in [0.29, 0.717) is 18.2 Å². The maximum atomic E-state index is 11.9. The summed E-state index contributed by atoms with van der Waals surface area (Å²) in [7, 11) is 0. The van der Waals surface area contributed by atoms with E-state index in [9.17, 15) is 4.79 Å². The first-order valence-corrected chi connectivity index (χ1v) is 7.12. The number of nitrogens with zero attached hydrogens (tertiary/aromatic N) is 1. The van der Waals surface area contributed by atoms with Crippen LogP contribution in [0.1, 0.15) is 48.7 Å². The van der Waals surface area contributed by atoms with Crippen LogP contribution in [0.4, 0.5) is 0 Å². The summed E-state index contributed by atoms with van der Waals surface area (Å²) in [5.41, 5.74) is 6.92. The molecule has 1 aromatic heterocycles. The minimum atomic E-state index is -0.0813. The molecule has 0 aliphatic heterocycles. The van der Waals surface area contributed by atoms with Gasteiger partial charge in [0.05, 0.1) is 0 Å². The van der Waals surface area contributed by atoms with Crippen molar-refractivity contribution in [3.05, 3.63) is 29.6 Å². The van der Waals surface area contributed by atoms with Gasteiger partial charge in [0.1, 0.15) is 5.69 Å². The van der Waals surface area contributed by atoms with Crippen molar-refractivity contribution in [2.45, 2.75) is 39.2 Å². The summed E-state index contributed by atoms with van der Waals surface area (Å²) >= 11 is 0. The second kappa shape index (κ2) is 6.66. The van der Waals surface area contributed by atoms with Crippen LogP contribution in [0.15, 0.2) is 18.3 Å². The molecule has 0 saturated heterocycles. The molecular formula is C15H23N3O. The Hall–Kier alpha value is -1.42. The van der Waals surface area contributed by atoms with Gasteiger partial charge < -0.3 is 11.1 Å². The standard InChI is InChI=1S/C15H23N3O/c1-11-2-4-12(5-3-11)9-18-15(19)14-7-6-13(8-16)10-17-14/h6-7,10-12H,2-5,8-9,16H2,1H3,(H,18,19). The van der Waals surface area contributed by atoms with E-state index in [1.54, 1.807) is 12.3 Å². The lowest BCUT2D eigenvalue weighted by Crippen LogP contribution is -2.31. The topological polar surface area (TPSA) is 68.0 Å². The number of nitrogens with one attached hydrogen (secondary N) is 1. The van der Waals surface area contributed by atoms with Gasteiger partial charge in [0, 0.05) is 19.3 Å². The largest absolute Gasteiger partial charge is 0.350 e. The fourth-order valence-electron chi connectivity index (χ4n) is 2.54. The molecule has 19 heavy (non-hydrogen) atoms. The van der Waals surface area contributed by atoms with Crippen LogP contribution < -0.4 is 11.1 Å². The Morgan fingerprint density at radius 2 is 2.11 bits per heavy atom. The van der Waals surface area contributed by atoms with E-state index in [-0.39, 0.29) is 5.91 Å². The molecule has 104 valence electrons. The quantitative estimate of drug-likeness (QED) is 0.872. The van der Waals surface area contributed by atoms with Crippen molar-refractivity contribution >= 4 is 5.91 Å². The van der Waals surface area contributed by atoms with Gasteiger partial charge in [-0.05, 0) is 36.3 Å². The van der Waals surface area contributed by atoms with Gasteiger partial charge in [-0.1, -0.05) is 25.8 Å². The average Bonchev–Trinajstić information content (AvgIpc) is 2.46. The maximum Gasteiger partial charge on any atom is 0.269 e. The zero-order valence-corrected chi connectivity index (χ0v) is 11.6. The van der Waals surface area contributed by atoms with Crippen molar-refractivity contribution < 1.29 is 4.79 Å². The Labute approximate surface area is 114 Å². The molecule has 0 unspecified atom stereocenters. The van der Waals surface area contributed by atoms with Crippen LogP contribution >= 0.6 is 0 Å². The molecule has 3 N–H and O–H groups in total. The number of nitrogens with two attached hydrogens (primary N) is 1. The van der Waals surface area contributed by atoms with Crippen LogP contribution in [0, 0.1) is 11.8 Å². The summed E-state index contributed by atoms with van der Waals surface area (Å²) in [6.07, 6.45) is 6.67. The van der Waals surface area contributed by atoms with Gasteiger partial charge in [-0.2, -0.15) is 0 Å².